The zero-order valence-electron chi connectivity index (χ0n) is 13.0. The van der Waals surface area contributed by atoms with Gasteiger partial charge in [0.2, 0.25) is 0 Å². The zero-order chi connectivity index (χ0) is 15.5. The lowest BCUT2D eigenvalue weighted by atomic mass is 9.75. The molecule has 1 aromatic rings. The van der Waals surface area contributed by atoms with Crippen molar-refractivity contribution in [2.45, 2.75) is 37.3 Å². The van der Waals surface area contributed by atoms with E-state index in [2.05, 4.69) is 4.90 Å². The number of carbonyl (C=O) groups excluding carboxylic acids is 1. The molecule has 0 radical (unpaired) electrons. The molecule has 0 unspecified atom stereocenters. The highest BCUT2D eigenvalue weighted by Gasteiger charge is 2.48. The smallest absolute Gasteiger partial charge is 0.326 e. The number of likely N-dealkylation sites (N-methyl/N-ethyl adjacent to an activating group) is 1. The van der Waals surface area contributed by atoms with Crippen LogP contribution in [0.4, 0.5) is 0 Å². The van der Waals surface area contributed by atoms with Gasteiger partial charge in [-0.25, -0.2) is 0 Å². The number of hydrogen-bond donors (Lipinski definition) is 1. The fraction of sp³-hybridized carbons (Fsp3) is 0.562. The van der Waals surface area contributed by atoms with Crippen LogP contribution in [-0.2, 0) is 16.0 Å². The molecule has 0 bridgehead atoms. The van der Waals surface area contributed by atoms with Gasteiger partial charge in [-0.2, -0.15) is 0 Å². The average molecular weight is 347 g/mol. The van der Waals surface area contributed by atoms with E-state index in [1.165, 1.54) is 7.11 Å². The third-order valence-electron chi connectivity index (χ3n) is 4.40. The first-order chi connectivity index (χ1) is 9.98. The minimum Gasteiger partial charge on any atom is -0.468 e. The van der Waals surface area contributed by atoms with Gasteiger partial charge in [-0.1, -0.05) is 23.7 Å². The number of methoxy groups -OCH3 is 1. The van der Waals surface area contributed by atoms with E-state index in [-0.39, 0.29) is 24.4 Å². The lowest BCUT2D eigenvalue weighted by Crippen LogP contribution is -2.60. The lowest BCUT2D eigenvalue weighted by molar-refractivity contribution is -0.161. The van der Waals surface area contributed by atoms with Crippen LogP contribution in [0.2, 0.25) is 5.02 Å². The molecule has 1 atom stereocenters. The van der Waals surface area contributed by atoms with Gasteiger partial charge in [0, 0.05) is 17.6 Å². The van der Waals surface area contributed by atoms with Crippen LogP contribution in [0, 0.1) is 0 Å². The Bertz CT molecular complexity index is 489. The Hall–Kier alpha value is -0.810. The van der Waals surface area contributed by atoms with Crippen LogP contribution < -0.4 is 5.73 Å². The highest BCUT2D eigenvalue weighted by Crippen LogP contribution is 2.38. The number of nitrogens with two attached hydrogens (primary N) is 1. The van der Waals surface area contributed by atoms with Gasteiger partial charge in [0.25, 0.3) is 0 Å². The molecule has 0 saturated heterocycles. The molecule has 1 fully saturated rings. The second kappa shape index (κ2) is 8.16. The van der Waals surface area contributed by atoms with Crippen LogP contribution in [0.3, 0.4) is 0 Å². The van der Waals surface area contributed by atoms with E-state index < -0.39 is 5.54 Å². The summed E-state index contributed by atoms with van der Waals surface area (Å²) in [5.74, 6) is -0.144. The van der Waals surface area contributed by atoms with Crippen LogP contribution in [0.1, 0.15) is 24.8 Å². The van der Waals surface area contributed by atoms with Crippen molar-refractivity contribution in [3.8, 4) is 0 Å². The van der Waals surface area contributed by atoms with Crippen molar-refractivity contribution in [2.75, 3.05) is 20.7 Å². The molecule has 0 heterocycles. The van der Waals surface area contributed by atoms with Crippen LogP contribution >= 0.6 is 24.0 Å². The monoisotopic (exact) mass is 346 g/mol. The molecule has 124 valence electrons. The van der Waals surface area contributed by atoms with Crippen molar-refractivity contribution >= 4 is 30.0 Å². The lowest BCUT2D eigenvalue weighted by Gasteiger charge is -2.46. The molecule has 0 spiro atoms. The summed E-state index contributed by atoms with van der Waals surface area (Å²) in [4.78, 5) is 14.1. The summed E-state index contributed by atoms with van der Waals surface area (Å²) in [6.45, 7) is 0.664. The van der Waals surface area contributed by atoms with E-state index in [1.54, 1.807) is 0 Å². The van der Waals surface area contributed by atoms with Gasteiger partial charge >= 0.3 is 5.97 Å². The molecule has 1 aliphatic rings. The predicted molar refractivity (Wildman–Crippen MR) is 91.6 cm³/mol. The number of nitrogens with zero attached hydrogens (tertiary/aromatic N) is 1. The van der Waals surface area contributed by atoms with E-state index in [1.807, 2.05) is 31.3 Å². The maximum absolute atomic E-state index is 12.0. The maximum Gasteiger partial charge on any atom is 0.326 e. The molecular formula is C16H24Cl2N2O2. The van der Waals surface area contributed by atoms with Crippen molar-refractivity contribution in [2.24, 2.45) is 5.73 Å². The van der Waals surface area contributed by atoms with Gasteiger partial charge < -0.3 is 10.5 Å². The van der Waals surface area contributed by atoms with E-state index in [0.717, 1.165) is 36.3 Å². The largest absolute Gasteiger partial charge is 0.468 e. The van der Waals surface area contributed by atoms with Gasteiger partial charge in [-0.3, -0.25) is 9.69 Å². The topological polar surface area (TPSA) is 55.6 Å². The minimum atomic E-state index is -0.466. The second-order valence-electron chi connectivity index (χ2n) is 5.85. The Morgan fingerprint density at radius 2 is 2.00 bits per heavy atom. The molecule has 0 amide bonds. The van der Waals surface area contributed by atoms with Crippen molar-refractivity contribution in [1.82, 2.24) is 4.90 Å². The summed E-state index contributed by atoms with van der Waals surface area (Å²) in [5, 5.41) is 0.726. The molecule has 2 rings (SSSR count). The summed E-state index contributed by atoms with van der Waals surface area (Å²) in [6.07, 6.45) is 3.53. The first-order valence-electron chi connectivity index (χ1n) is 7.27. The molecule has 6 heteroatoms. The van der Waals surface area contributed by atoms with E-state index in [4.69, 9.17) is 22.1 Å². The first-order valence-corrected chi connectivity index (χ1v) is 7.65. The standard InChI is InChI=1S/C16H23ClN2O2.ClH/c1-19(16(8-3-9-16)15(20)21-2)11-14(18)10-12-4-6-13(17)7-5-12;/h4-7,14H,3,8-11,18H2,1-2H3;1H/t14-;/m0./s1. The quantitative estimate of drug-likeness (QED) is 0.804. The number of halogens is 2. The van der Waals surface area contributed by atoms with Crippen molar-refractivity contribution in [3.05, 3.63) is 34.9 Å². The van der Waals surface area contributed by atoms with E-state index in [0.29, 0.717) is 6.54 Å². The average Bonchev–Trinajstić information content (AvgIpc) is 2.39. The van der Waals surface area contributed by atoms with E-state index in [9.17, 15) is 4.79 Å². The van der Waals surface area contributed by atoms with Gasteiger partial charge in [0.15, 0.2) is 0 Å². The molecule has 1 aromatic carbocycles. The van der Waals surface area contributed by atoms with Crippen LogP contribution in [-0.4, -0.2) is 43.2 Å². The Labute approximate surface area is 143 Å². The van der Waals surface area contributed by atoms with Crippen molar-refractivity contribution in [1.29, 1.82) is 0 Å². The van der Waals surface area contributed by atoms with Gasteiger partial charge in [0.05, 0.1) is 7.11 Å². The van der Waals surface area contributed by atoms with Crippen LogP contribution in [0.25, 0.3) is 0 Å². The minimum absolute atomic E-state index is 0. The molecule has 1 aliphatic carbocycles. The second-order valence-corrected chi connectivity index (χ2v) is 6.28. The Balaban J connectivity index is 0.00000242. The third-order valence-corrected chi connectivity index (χ3v) is 4.65. The molecule has 0 aliphatic heterocycles. The summed E-state index contributed by atoms with van der Waals surface area (Å²) in [6, 6.07) is 7.69. The molecule has 22 heavy (non-hydrogen) atoms. The third kappa shape index (κ3) is 4.13. The highest BCUT2D eigenvalue weighted by molar-refractivity contribution is 6.30. The van der Waals surface area contributed by atoms with Gasteiger partial charge in [-0.15, -0.1) is 12.4 Å². The highest BCUT2D eigenvalue weighted by atomic mass is 35.5. The predicted octanol–water partition coefficient (Wildman–Crippen LogP) is 2.66. The Morgan fingerprint density at radius 1 is 1.41 bits per heavy atom. The van der Waals surface area contributed by atoms with Crippen molar-refractivity contribution < 1.29 is 9.53 Å². The summed E-state index contributed by atoms with van der Waals surface area (Å²) in [7, 11) is 3.40. The molecule has 1 saturated carbocycles. The van der Waals surface area contributed by atoms with Gasteiger partial charge in [0.1, 0.15) is 5.54 Å². The van der Waals surface area contributed by atoms with Crippen LogP contribution in [0.5, 0.6) is 0 Å². The zero-order valence-corrected chi connectivity index (χ0v) is 14.6. The number of carbonyl (C=O) groups is 1. The Kier molecular flexibility index (Phi) is 7.13. The maximum atomic E-state index is 12.0. The number of rotatable bonds is 6. The normalized spacial score (nSPS) is 17.3. The molecule has 4 nitrogen and oxygen atoms in total. The SMILES string of the molecule is COC(=O)C1(N(C)C[C@@H](N)Cc2ccc(Cl)cc2)CCC1.Cl. The van der Waals surface area contributed by atoms with Crippen LogP contribution in [0.15, 0.2) is 24.3 Å². The van der Waals surface area contributed by atoms with Gasteiger partial charge in [-0.05, 0) is 50.4 Å². The number of benzene rings is 1. The number of esters is 1. The van der Waals surface area contributed by atoms with Crippen molar-refractivity contribution in [3.63, 3.8) is 0 Å². The molecule has 0 aromatic heterocycles. The molecular weight excluding hydrogens is 323 g/mol. The summed E-state index contributed by atoms with van der Waals surface area (Å²) in [5.41, 5.74) is 6.92. The van der Waals surface area contributed by atoms with E-state index >= 15 is 0 Å². The number of ether oxygens (including phenoxy) is 1. The fourth-order valence-electron chi connectivity index (χ4n) is 2.96. The molecule has 2 N–H and O–H groups in total. The summed E-state index contributed by atoms with van der Waals surface area (Å²) < 4.78 is 4.96. The number of hydrogen-bond acceptors (Lipinski definition) is 4. The fourth-order valence-corrected chi connectivity index (χ4v) is 3.08. The summed E-state index contributed by atoms with van der Waals surface area (Å²) >= 11 is 5.88. The first kappa shape index (κ1) is 19.2. The Morgan fingerprint density at radius 3 is 2.45 bits per heavy atom.